The van der Waals surface area contributed by atoms with E-state index in [0.29, 0.717) is 13.0 Å². The zero-order chi connectivity index (χ0) is 15.8. The third-order valence-corrected chi connectivity index (χ3v) is 5.52. The van der Waals surface area contributed by atoms with Gasteiger partial charge in [0.1, 0.15) is 11.5 Å². The van der Waals surface area contributed by atoms with Gasteiger partial charge in [-0.1, -0.05) is 0 Å². The number of urea groups is 1. The highest BCUT2D eigenvalue weighted by atomic mass is 32.2. The number of carbonyl (C=O) groups is 1. The van der Waals surface area contributed by atoms with E-state index in [1.165, 1.54) is 6.26 Å². The average molecular weight is 314 g/mol. The number of amides is 2. The lowest BCUT2D eigenvalue weighted by Gasteiger charge is -2.20. The van der Waals surface area contributed by atoms with Crippen molar-refractivity contribution in [3.63, 3.8) is 0 Å². The van der Waals surface area contributed by atoms with Crippen LogP contribution in [0.15, 0.2) is 10.5 Å². The number of carbonyl (C=O) groups excluding carboxylic acids is 1. The normalized spacial score (nSPS) is 20.6. The van der Waals surface area contributed by atoms with Crippen LogP contribution in [0.5, 0.6) is 0 Å². The number of hydrogen-bond acceptors (Lipinski definition) is 4. The first kappa shape index (κ1) is 15.9. The van der Waals surface area contributed by atoms with Crippen LogP contribution in [0.25, 0.3) is 0 Å². The minimum atomic E-state index is -3.09. The van der Waals surface area contributed by atoms with E-state index in [2.05, 4.69) is 5.32 Å². The van der Waals surface area contributed by atoms with Crippen molar-refractivity contribution in [1.82, 2.24) is 10.2 Å². The molecular formula is C14H22N2O4S. The molecule has 0 bridgehead atoms. The van der Waals surface area contributed by atoms with Crippen molar-refractivity contribution >= 4 is 15.9 Å². The van der Waals surface area contributed by atoms with Crippen LogP contribution in [0.2, 0.25) is 0 Å². The van der Waals surface area contributed by atoms with Gasteiger partial charge in [0.15, 0.2) is 9.84 Å². The fourth-order valence-electron chi connectivity index (χ4n) is 2.70. The summed E-state index contributed by atoms with van der Waals surface area (Å²) in [6.45, 7) is 6.35. The Morgan fingerprint density at radius 2 is 2.14 bits per heavy atom. The summed E-state index contributed by atoms with van der Waals surface area (Å²) in [5.74, 6) is 1.60. The quantitative estimate of drug-likeness (QED) is 0.922. The predicted molar refractivity (Wildman–Crippen MR) is 80.0 cm³/mol. The molecule has 0 saturated carbocycles. The zero-order valence-electron chi connectivity index (χ0n) is 12.8. The van der Waals surface area contributed by atoms with E-state index in [9.17, 15) is 13.2 Å². The van der Waals surface area contributed by atoms with Crippen molar-refractivity contribution in [3.8, 4) is 0 Å². The number of aryl methyl sites for hydroxylation is 2. The Morgan fingerprint density at radius 3 is 2.62 bits per heavy atom. The van der Waals surface area contributed by atoms with Gasteiger partial charge in [-0.3, -0.25) is 0 Å². The van der Waals surface area contributed by atoms with E-state index < -0.39 is 15.1 Å². The van der Waals surface area contributed by atoms with Crippen molar-refractivity contribution < 1.29 is 17.6 Å². The summed E-state index contributed by atoms with van der Waals surface area (Å²) < 4.78 is 28.5. The van der Waals surface area contributed by atoms with Crippen LogP contribution in [0.4, 0.5) is 4.79 Å². The summed E-state index contributed by atoms with van der Waals surface area (Å²) in [6.07, 6.45) is 1.73. The predicted octanol–water partition coefficient (Wildman–Crippen LogP) is 1.79. The standard InChI is InChI=1S/C14H22N2O4S/c1-9-7-13(11(3)20-9)10(2)15-14(17)16-6-5-12(8-16)21(4,18)19/h7,10,12H,5-6,8H2,1-4H3,(H,15,17)/t10-,12+/m1/s1. The number of rotatable bonds is 3. The van der Waals surface area contributed by atoms with Gasteiger partial charge in [0, 0.05) is 24.9 Å². The number of nitrogens with one attached hydrogen (secondary N) is 1. The highest BCUT2D eigenvalue weighted by molar-refractivity contribution is 7.91. The molecule has 2 amide bonds. The molecule has 6 nitrogen and oxygen atoms in total. The molecule has 0 unspecified atom stereocenters. The van der Waals surface area contributed by atoms with E-state index in [1.807, 2.05) is 26.8 Å². The number of hydrogen-bond donors (Lipinski definition) is 1. The lowest BCUT2D eigenvalue weighted by atomic mass is 10.1. The Labute approximate surface area is 125 Å². The molecule has 1 fully saturated rings. The Hall–Kier alpha value is -1.50. The summed E-state index contributed by atoms with van der Waals surface area (Å²) in [4.78, 5) is 13.8. The van der Waals surface area contributed by atoms with Crippen LogP contribution >= 0.6 is 0 Å². The molecule has 1 aromatic rings. The smallest absolute Gasteiger partial charge is 0.317 e. The van der Waals surface area contributed by atoms with Gasteiger partial charge in [0.05, 0.1) is 11.3 Å². The van der Waals surface area contributed by atoms with Gasteiger partial charge in [0.25, 0.3) is 0 Å². The van der Waals surface area contributed by atoms with Crippen LogP contribution in [0.1, 0.15) is 36.5 Å². The second-order valence-corrected chi connectivity index (χ2v) is 8.05. The number of furan rings is 1. The van der Waals surface area contributed by atoms with Crippen LogP contribution in [0.3, 0.4) is 0 Å². The monoisotopic (exact) mass is 314 g/mol. The maximum Gasteiger partial charge on any atom is 0.317 e. The zero-order valence-corrected chi connectivity index (χ0v) is 13.7. The average Bonchev–Trinajstić information content (AvgIpc) is 2.95. The molecule has 1 saturated heterocycles. The first-order chi connectivity index (χ1) is 9.68. The van der Waals surface area contributed by atoms with Gasteiger partial charge in [-0.25, -0.2) is 13.2 Å². The van der Waals surface area contributed by atoms with Crippen LogP contribution in [-0.2, 0) is 9.84 Å². The maximum absolute atomic E-state index is 12.2. The van der Waals surface area contributed by atoms with E-state index in [4.69, 9.17) is 4.42 Å². The minimum absolute atomic E-state index is 0.174. The molecule has 0 radical (unpaired) electrons. The molecule has 0 aliphatic carbocycles. The molecule has 1 N–H and O–H groups in total. The van der Waals surface area contributed by atoms with Gasteiger partial charge in [-0.2, -0.15) is 0 Å². The molecule has 1 aliphatic rings. The van der Waals surface area contributed by atoms with Crippen molar-refractivity contribution in [2.75, 3.05) is 19.3 Å². The van der Waals surface area contributed by atoms with Crippen molar-refractivity contribution in [1.29, 1.82) is 0 Å². The molecule has 2 rings (SSSR count). The van der Waals surface area contributed by atoms with Crippen LogP contribution < -0.4 is 5.32 Å². The highest BCUT2D eigenvalue weighted by Gasteiger charge is 2.33. The van der Waals surface area contributed by atoms with E-state index >= 15 is 0 Å². The van der Waals surface area contributed by atoms with Gasteiger partial charge in [-0.15, -0.1) is 0 Å². The molecule has 2 atom stereocenters. The lowest BCUT2D eigenvalue weighted by molar-refractivity contribution is 0.205. The fraction of sp³-hybridized carbons (Fsp3) is 0.643. The summed E-state index contributed by atoms with van der Waals surface area (Å²) in [5.41, 5.74) is 0.944. The Balaban J connectivity index is 1.98. The van der Waals surface area contributed by atoms with Crippen molar-refractivity contribution in [3.05, 3.63) is 23.2 Å². The maximum atomic E-state index is 12.2. The number of sulfone groups is 1. The van der Waals surface area contributed by atoms with Gasteiger partial charge >= 0.3 is 6.03 Å². The van der Waals surface area contributed by atoms with Gasteiger partial charge < -0.3 is 14.6 Å². The fourth-order valence-corrected chi connectivity index (χ4v) is 3.68. The number of nitrogens with zero attached hydrogens (tertiary/aromatic N) is 1. The molecule has 2 heterocycles. The second kappa shape index (κ2) is 5.71. The first-order valence-electron chi connectivity index (χ1n) is 6.99. The molecule has 118 valence electrons. The lowest BCUT2D eigenvalue weighted by Crippen LogP contribution is -2.40. The summed E-state index contributed by atoms with van der Waals surface area (Å²) in [5, 5.41) is 2.45. The van der Waals surface area contributed by atoms with Gasteiger partial charge in [-0.05, 0) is 33.3 Å². The topological polar surface area (TPSA) is 79.6 Å². The Morgan fingerprint density at radius 1 is 1.48 bits per heavy atom. The Kier molecular flexibility index (Phi) is 4.32. The molecule has 1 aromatic heterocycles. The molecule has 0 spiro atoms. The van der Waals surface area contributed by atoms with Crippen molar-refractivity contribution in [2.24, 2.45) is 0 Å². The summed E-state index contributed by atoms with van der Waals surface area (Å²) in [7, 11) is -3.09. The number of likely N-dealkylation sites (tertiary alicyclic amines) is 1. The first-order valence-corrected chi connectivity index (χ1v) is 8.95. The molecular weight excluding hydrogens is 292 g/mol. The van der Waals surface area contributed by atoms with Crippen molar-refractivity contribution in [2.45, 2.75) is 38.5 Å². The van der Waals surface area contributed by atoms with Gasteiger partial charge in [0.2, 0.25) is 0 Å². The SMILES string of the molecule is Cc1cc([C@@H](C)NC(=O)N2CC[C@H](S(C)(=O)=O)C2)c(C)o1. The highest BCUT2D eigenvalue weighted by Crippen LogP contribution is 2.22. The molecule has 21 heavy (non-hydrogen) atoms. The summed E-state index contributed by atoms with van der Waals surface area (Å²) >= 11 is 0. The largest absolute Gasteiger partial charge is 0.466 e. The second-order valence-electron chi connectivity index (χ2n) is 5.73. The van der Waals surface area contributed by atoms with Crippen LogP contribution in [0, 0.1) is 13.8 Å². The van der Waals surface area contributed by atoms with E-state index in [-0.39, 0.29) is 18.6 Å². The van der Waals surface area contributed by atoms with E-state index in [1.54, 1.807) is 4.90 Å². The third kappa shape index (κ3) is 3.58. The van der Waals surface area contributed by atoms with E-state index in [0.717, 1.165) is 17.1 Å². The third-order valence-electron chi connectivity index (χ3n) is 3.92. The van der Waals surface area contributed by atoms with Crippen LogP contribution in [-0.4, -0.2) is 43.9 Å². The molecule has 0 aromatic carbocycles. The molecule has 1 aliphatic heterocycles. The minimum Gasteiger partial charge on any atom is -0.466 e. The summed E-state index contributed by atoms with van der Waals surface area (Å²) in [6, 6.07) is 1.50. The Bertz CT molecular complexity index is 635. The molecule has 7 heteroatoms.